The van der Waals surface area contributed by atoms with E-state index in [4.69, 9.17) is 16.9 Å². The third-order valence-electron chi connectivity index (χ3n) is 1.34. The van der Waals surface area contributed by atoms with Crippen LogP contribution < -0.4 is 0 Å². The maximum absolute atomic E-state index is 12.7. The highest BCUT2D eigenvalue weighted by molar-refractivity contribution is 6.31. The Hall–Kier alpha value is -1.07. The third kappa shape index (κ3) is 1.50. The van der Waals surface area contributed by atoms with Crippen LogP contribution in [0, 0.1) is 24.1 Å². The van der Waals surface area contributed by atoms with Crippen molar-refractivity contribution in [3.63, 3.8) is 0 Å². The first-order valence-corrected chi connectivity index (χ1v) is 3.38. The molecule has 0 aliphatic rings. The van der Waals surface area contributed by atoms with Gasteiger partial charge >= 0.3 is 0 Å². The number of nitriles is 1. The fourth-order valence-electron chi connectivity index (χ4n) is 0.791. The standard InChI is InChI=1S/C8H5ClFN/c1-5-2-6(4-11)3-7(10)8(5)9/h2-3H,1H3. The van der Waals surface area contributed by atoms with Crippen molar-refractivity contribution in [2.24, 2.45) is 0 Å². The molecule has 1 nitrogen and oxygen atoms in total. The second-order valence-electron chi connectivity index (χ2n) is 2.20. The van der Waals surface area contributed by atoms with E-state index >= 15 is 0 Å². The van der Waals surface area contributed by atoms with Gasteiger partial charge in [-0.15, -0.1) is 0 Å². The van der Waals surface area contributed by atoms with Gasteiger partial charge < -0.3 is 0 Å². The average Bonchev–Trinajstić information content (AvgIpc) is 1.99. The molecule has 0 spiro atoms. The monoisotopic (exact) mass is 169 g/mol. The molecular formula is C8H5ClFN. The Morgan fingerprint density at radius 3 is 2.64 bits per heavy atom. The first-order chi connectivity index (χ1) is 5.15. The smallest absolute Gasteiger partial charge is 0.143 e. The molecular weight excluding hydrogens is 165 g/mol. The summed E-state index contributed by atoms with van der Waals surface area (Å²) in [5, 5.41) is 8.50. The normalized spacial score (nSPS) is 9.27. The number of aryl methyl sites for hydroxylation is 1. The van der Waals surface area contributed by atoms with Crippen molar-refractivity contribution in [1.82, 2.24) is 0 Å². The zero-order chi connectivity index (χ0) is 8.43. The van der Waals surface area contributed by atoms with Gasteiger partial charge in [-0.25, -0.2) is 4.39 Å². The predicted octanol–water partition coefficient (Wildman–Crippen LogP) is 2.66. The molecule has 0 bridgehead atoms. The van der Waals surface area contributed by atoms with E-state index in [1.807, 2.05) is 6.07 Å². The van der Waals surface area contributed by atoms with Gasteiger partial charge in [-0.2, -0.15) is 5.26 Å². The van der Waals surface area contributed by atoms with Crippen LogP contribution in [0.1, 0.15) is 11.1 Å². The van der Waals surface area contributed by atoms with Gasteiger partial charge in [0.2, 0.25) is 0 Å². The SMILES string of the molecule is Cc1cc(C#N)cc(F)c1Cl. The van der Waals surface area contributed by atoms with Crippen molar-refractivity contribution >= 4 is 11.6 Å². The van der Waals surface area contributed by atoms with Crippen LogP contribution >= 0.6 is 11.6 Å². The maximum atomic E-state index is 12.7. The average molecular weight is 170 g/mol. The summed E-state index contributed by atoms with van der Waals surface area (Å²) in [6.45, 7) is 1.66. The molecule has 0 heterocycles. The summed E-state index contributed by atoms with van der Waals surface area (Å²) in [7, 11) is 0. The molecule has 0 N–H and O–H groups in total. The molecule has 11 heavy (non-hydrogen) atoms. The number of hydrogen-bond acceptors (Lipinski definition) is 1. The largest absolute Gasteiger partial charge is 0.205 e. The number of rotatable bonds is 0. The molecule has 0 amide bonds. The molecule has 0 aliphatic carbocycles. The van der Waals surface area contributed by atoms with Gasteiger partial charge in [0.05, 0.1) is 16.7 Å². The lowest BCUT2D eigenvalue weighted by Gasteiger charge is -1.98. The molecule has 0 unspecified atom stereocenters. The molecule has 0 aromatic heterocycles. The van der Waals surface area contributed by atoms with E-state index < -0.39 is 5.82 Å². The van der Waals surface area contributed by atoms with Crippen LogP contribution in [-0.4, -0.2) is 0 Å². The number of hydrogen-bond donors (Lipinski definition) is 0. The van der Waals surface area contributed by atoms with E-state index in [9.17, 15) is 4.39 Å². The van der Waals surface area contributed by atoms with Crippen LogP contribution in [0.25, 0.3) is 0 Å². The molecule has 1 aromatic rings. The van der Waals surface area contributed by atoms with Crippen molar-refractivity contribution in [3.05, 3.63) is 34.1 Å². The first-order valence-electron chi connectivity index (χ1n) is 3.01. The van der Waals surface area contributed by atoms with Gasteiger partial charge in [-0.05, 0) is 24.6 Å². The van der Waals surface area contributed by atoms with Crippen LogP contribution in [0.15, 0.2) is 12.1 Å². The summed E-state index contributed by atoms with van der Waals surface area (Å²) in [5.74, 6) is -0.539. The van der Waals surface area contributed by atoms with E-state index in [-0.39, 0.29) is 5.02 Å². The Balaban J connectivity index is 3.35. The summed E-state index contributed by atoms with van der Waals surface area (Å²) in [6.07, 6.45) is 0. The molecule has 0 aliphatic heterocycles. The maximum Gasteiger partial charge on any atom is 0.143 e. The van der Waals surface area contributed by atoms with Gasteiger partial charge in [0.25, 0.3) is 0 Å². The first kappa shape index (κ1) is 8.03. The molecule has 56 valence electrons. The summed E-state index contributed by atoms with van der Waals surface area (Å²) >= 11 is 5.52. The zero-order valence-electron chi connectivity index (χ0n) is 5.86. The zero-order valence-corrected chi connectivity index (χ0v) is 6.61. The summed E-state index contributed by atoms with van der Waals surface area (Å²) in [4.78, 5) is 0. The van der Waals surface area contributed by atoms with E-state index in [2.05, 4.69) is 0 Å². The van der Waals surface area contributed by atoms with E-state index in [0.29, 0.717) is 11.1 Å². The molecule has 3 heteroatoms. The van der Waals surface area contributed by atoms with Gasteiger partial charge in [-0.1, -0.05) is 11.6 Å². The second-order valence-corrected chi connectivity index (χ2v) is 2.58. The highest BCUT2D eigenvalue weighted by Crippen LogP contribution is 2.20. The third-order valence-corrected chi connectivity index (χ3v) is 1.82. The van der Waals surface area contributed by atoms with Crippen LogP contribution in [-0.2, 0) is 0 Å². The van der Waals surface area contributed by atoms with Crippen LogP contribution in [0.4, 0.5) is 4.39 Å². The highest BCUT2D eigenvalue weighted by atomic mass is 35.5. The van der Waals surface area contributed by atoms with Crippen LogP contribution in [0.5, 0.6) is 0 Å². The Bertz CT molecular complexity index is 304. The van der Waals surface area contributed by atoms with Crippen molar-refractivity contribution < 1.29 is 4.39 Å². The molecule has 0 fully saturated rings. The van der Waals surface area contributed by atoms with Crippen molar-refractivity contribution in [1.29, 1.82) is 5.26 Å². The highest BCUT2D eigenvalue weighted by Gasteiger charge is 2.04. The number of nitrogens with zero attached hydrogens (tertiary/aromatic N) is 1. The van der Waals surface area contributed by atoms with Crippen molar-refractivity contribution in [2.75, 3.05) is 0 Å². The fourth-order valence-corrected chi connectivity index (χ4v) is 0.900. The van der Waals surface area contributed by atoms with E-state index in [1.165, 1.54) is 0 Å². The molecule has 1 aromatic carbocycles. The minimum atomic E-state index is -0.539. The lowest BCUT2D eigenvalue weighted by Crippen LogP contribution is -1.84. The minimum Gasteiger partial charge on any atom is -0.205 e. The molecule has 0 radical (unpaired) electrons. The Morgan fingerprint density at radius 1 is 1.55 bits per heavy atom. The van der Waals surface area contributed by atoms with Crippen LogP contribution in [0.2, 0.25) is 5.02 Å². The van der Waals surface area contributed by atoms with Gasteiger partial charge in [0.15, 0.2) is 0 Å². The molecule has 1 rings (SSSR count). The summed E-state index contributed by atoms with van der Waals surface area (Å²) in [5.41, 5.74) is 0.882. The van der Waals surface area contributed by atoms with Crippen molar-refractivity contribution in [3.8, 4) is 6.07 Å². The summed E-state index contributed by atoms with van der Waals surface area (Å²) in [6, 6.07) is 4.50. The van der Waals surface area contributed by atoms with Gasteiger partial charge in [0, 0.05) is 0 Å². The fraction of sp³-hybridized carbons (Fsp3) is 0.125. The minimum absolute atomic E-state index is 0.0870. The van der Waals surface area contributed by atoms with Crippen molar-refractivity contribution in [2.45, 2.75) is 6.92 Å². The van der Waals surface area contributed by atoms with Crippen LogP contribution in [0.3, 0.4) is 0 Å². The summed E-state index contributed by atoms with van der Waals surface area (Å²) < 4.78 is 12.7. The Morgan fingerprint density at radius 2 is 2.18 bits per heavy atom. The Kier molecular flexibility index (Phi) is 2.11. The lowest BCUT2D eigenvalue weighted by molar-refractivity contribution is 0.626. The molecule has 0 atom stereocenters. The predicted molar refractivity (Wildman–Crippen MR) is 40.9 cm³/mol. The molecule has 0 saturated heterocycles. The number of halogens is 2. The number of benzene rings is 1. The molecule has 0 saturated carbocycles. The van der Waals surface area contributed by atoms with E-state index in [1.54, 1.807) is 13.0 Å². The second kappa shape index (κ2) is 2.89. The van der Waals surface area contributed by atoms with Gasteiger partial charge in [-0.3, -0.25) is 0 Å². The Labute approximate surface area is 69.0 Å². The topological polar surface area (TPSA) is 23.8 Å². The quantitative estimate of drug-likeness (QED) is 0.586. The van der Waals surface area contributed by atoms with E-state index in [0.717, 1.165) is 6.07 Å². The van der Waals surface area contributed by atoms with Gasteiger partial charge in [0.1, 0.15) is 5.82 Å². The lowest BCUT2D eigenvalue weighted by atomic mass is 10.1.